The first kappa shape index (κ1) is 17.1. The van der Waals surface area contributed by atoms with Crippen LogP contribution in [0.15, 0.2) is 24.4 Å². The van der Waals surface area contributed by atoms with Gasteiger partial charge in [0.1, 0.15) is 0 Å². The van der Waals surface area contributed by atoms with Gasteiger partial charge in [0.05, 0.1) is 11.9 Å². The molecule has 0 spiro atoms. The van der Waals surface area contributed by atoms with Crippen LogP contribution >= 0.6 is 0 Å². The van der Waals surface area contributed by atoms with Gasteiger partial charge in [-0.05, 0) is 25.5 Å². The molecule has 1 aromatic carbocycles. The van der Waals surface area contributed by atoms with E-state index in [1.54, 1.807) is 0 Å². The third-order valence-corrected chi connectivity index (χ3v) is 5.55. The molecular weight excluding hydrogens is 326 g/mol. The lowest BCUT2D eigenvalue weighted by atomic mass is 10.00. The summed E-state index contributed by atoms with van der Waals surface area (Å²) < 4.78 is 24.1. The molecule has 2 heterocycles. The van der Waals surface area contributed by atoms with Crippen molar-refractivity contribution in [3.05, 3.63) is 41.1 Å². The van der Waals surface area contributed by atoms with E-state index >= 15 is 0 Å². The number of rotatable bonds is 4. The molecule has 3 N–H and O–H groups in total. The van der Waals surface area contributed by atoms with Crippen LogP contribution in [0.4, 0.5) is 0 Å². The summed E-state index contributed by atoms with van der Waals surface area (Å²) in [5.41, 5.74) is 5.71. The Morgan fingerprint density at radius 2 is 1.92 bits per heavy atom. The molecule has 1 saturated heterocycles. The van der Waals surface area contributed by atoms with Gasteiger partial charge in [0.15, 0.2) is 0 Å². The molecule has 1 aliphatic heterocycles. The lowest BCUT2D eigenvalue weighted by Crippen LogP contribution is -2.50. The van der Waals surface area contributed by atoms with E-state index in [9.17, 15) is 8.42 Å². The van der Waals surface area contributed by atoms with Crippen LogP contribution in [0.1, 0.15) is 16.7 Å². The minimum Gasteiger partial charge on any atom is -0.296 e. The van der Waals surface area contributed by atoms with Crippen LogP contribution in [0.2, 0.25) is 0 Å². The van der Waals surface area contributed by atoms with Crippen LogP contribution in [-0.4, -0.2) is 54.0 Å². The van der Waals surface area contributed by atoms with Crippen LogP contribution in [0.25, 0.3) is 11.3 Å². The second-order valence-corrected chi connectivity index (χ2v) is 7.86. The maximum atomic E-state index is 11.4. The van der Waals surface area contributed by atoms with E-state index in [2.05, 4.69) is 47.1 Å². The fourth-order valence-electron chi connectivity index (χ4n) is 3.05. The quantitative estimate of drug-likeness (QED) is 0.861. The molecule has 0 atom stereocenters. The Kier molecular flexibility index (Phi) is 4.73. The summed E-state index contributed by atoms with van der Waals surface area (Å²) in [6.45, 7) is 7.07. The van der Waals surface area contributed by atoms with E-state index < -0.39 is 10.2 Å². The molecule has 7 nitrogen and oxygen atoms in total. The topological polar surface area (TPSA) is 95.3 Å². The fraction of sp³-hybridized carbons (Fsp3) is 0.438. The number of piperazine rings is 1. The van der Waals surface area contributed by atoms with Crippen molar-refractivity contribution >= 4 is 10.2 Å². The second kappa shape index (κ2) is 6.64. The standard InChI is InChI=1S/C16H23N5O2S/c1-12-3-4-13(2)15(9-12)16-14(10-18-19-16)11-20-5-7-21(8-6-20)24(17,22)23/h3-4,9-10H,5-8,11H2,1-2H3,(H,18,19)(H2,17,22,23). The lowest BCUT2D eigenvalue weighted by molar-refractivity contribution is 0.182. The molecule has 1 fully saturated rings. The minimum atomic E-state index is -3.58. The van der Waals surface area contributed by atoms with Crippen LogP contribution < -0.4 is 5.14 Å². The minimum absolute atomic E-state index is 0.426. The van der Waals surface area contributed by atoms with Crippen LogP contribution in [0.3, 0.4) is 0 Å². The number of nitrogens with two attached hydrogens (primary N) is 1. The predicted molar refractivity (Wildman–Crippen MR) is 93.5 cm³/mol. The molecule has 1 aliphatic rings. The summed E-state index contributed by atoms with van der Waals surface area (Å²) in [7, 11) is -3.58. The predicted octanol–water partition coefficient (Wildman–Crippen LogP) is 1.01. The molecule has 0 unspecified atom stereocenters. The average molecular weight is 349 g/mol. The van der Waals surface area contributed by atoms with Crippen molar-refractivity contribution in [2.45, 2.75) is 20.4 Å². The van der Waals surface area contributed by atoms with Crippen LogP contribution in [0, 0.1) is 13.8 Å². The van der Waals surface area contributed by atoms with Crippen molar-refractivity contribution in [3.63, 3.8) is 0 Å². The summed E-state index contributed by atoms with van der Waals surface area (Å²) in [6.07, 6.45) is 1.85. The van der Waals surface area contributed by atoms with Gasteiger partial charge in [-0.25, -0.2) is 5.14 Å². The lowest BCUT2D eigenvalue weighted by Gasteiger charge is -2.32. The fourth-order valence-corrected chi connectivity index (χ4v) is 3.72. The Hall–Kier alpha value is -1.74. The van der Waals surface area contributed by atoms with Crippen molar-refractivity contribution in [2.75, 3.05) is 26.2 Å². The van der Waals surface area contributed by atoms with E-state index in [1.165, 1.54) is 15.4 Å². The maximum Gasteiger partial charge on any atom is 0.276 e. The molecule has 24 heavy (non-hydrogen) atoms. The molecule has 130 valence electrons. The number of aryl methyl sites for hydroxylation is 2. The number of nitrogens with one attached hydrogen (secondary N) is 1. The molecule has 0 bridgehead atoms. The van der Waals surface area contributed by atoms with Gasteiger partial charge >= 0.3 is 0 Å². The smallest absolute Gasteiger partial charge is 0.276 e. The molecule has 8 heteroatoms. The largest absolute Gasteiger partial charge is 0.296 e. The van der Waals surface area contributed by atoms with E-state index in [1.807, 2.05) is 6.20 Å². The molecule has 3 rings (SSSR count). The second-order valence-electron chi connectivity index (χ2n) is 6.31. The van der Waals surface area contributed by atoms with Gasteiger partial charge in [0, 0.05) is 43.9 Å². The number of nitrogens with zero attached hydrogens (tertiary/aromatic N) is 3. The van der Waals surface area contributed by atoms with E-state index in [0.29, 0.717) is 26.2 Å². The highest BCUT2D eigenvalue weighted by molar-refractivity contribution is 7.86. The Balaban J connectivity index is 1.74. The zero-order valence-electron chi connectivity index (χ0n) is 14.0. The monoisotopic (exact) mass is 349 g/mol. The van der Waals surface area contributed by atoms with Crippen molar-refractivity contribution in [3.8, 4) is 11.3 Å². The van der Waals surface area contributed by atoms with Gasteiger partial charge in [0.2, 0.25) is 0 Å². The SMILES string of the molecule is Cc1ccc(C)c(-c2[nH]ncc2CN2CCN(S(N)(=O)=O)CC2)c1. The van der Waals surface area contributed by atoms with Gasteiger partial charge in [0.25, 0.3) is 10.2 Å². The van der Waals surface area contributed by atoms with Crippen molar-refractivity contribution < 1.29 is 8.42 Å². The van der Waals surface area contributed by atoms with E-state index in [-0.39, 0.29) is 0 Å². The number of hydrogen-bond acceptors (Lipinski definition) is 4. The van der Waals surface area contributed by atoms with Crippen molar-refractivity contribution in [1.82, 2.24) is 19.4 Å². The zero-order valence-corrected chi connectivity index (χ0v) is 14.8. The Morgan fingerprint density at radius 1 is 1.21 bits per heavy atom. The molecule has 0 radical (unpaired) electrons. The van der Waals surface area contributed by atoms with Crippen molar-refractivity contribution in [2.24, 2.45) is 5.14 Å². The highest BCUT2D eigenvalue weighted by Gasteiger charge is 2.24. The highest BCUT2D eigenvalue weighted by Crippen LogP contribution is 2.27. The van der Waals surface area contributed by atoms with Gasteiger partial charge in [-0.2, -0.15) is 17.8 Å². The van der Waals surface area contributed by atoms with Crippen LogP contribution in [-0.2, 0) is 16.8 Å². The Labute approximate surface area is 142 Å². The zero-order chi connectivity index (χ0) is 17.3. The Morgan fingerprint density at radius 3 is 2.58 bits per heavy atom. The maximum absolute atomic E-state index is 11.4. The normalized spacial score (nSPS) is 17.3. The summed E-state index contributed by atoms with van der Waals surface area (Å²) in [5, 5.41) is 12.5. The summed E-state index contributed by atoms with van der Waals surface area (Å²) >= 11 is 0. The van der Waals surface area contributed by atoms with Crippen molar-refractivity contribution in [1.29, 1.82) is 0 Å². The number of aromatic amines is 1. The molecule has 0 amide bonds. The number of hydrogen-bond donors (Lipinski definition) is 2. The van der Waals surface area contributed by atoms with Crippen LogP contribution in [0.5, 0.6) is 0 Å². The first-order chi connectivity index (χ1) is 11.3. The summed E-state index contributed by atoms with van der Waals surface area (Å²) in [4.78, 5) is 2.22. The molecular formula is C16H23N5O2S. The number of benzene rings is 1. The molecule has 0 saturated carbocycles. The van der Waals surface area contributed by atoms with Gasteiger partial charge in [-0.3, -0.25) is 10.00 Å². The third-order valence-electron chi connectivity index (χ3n) is 4.47. The molecule has 0 aliphatic carbocycles. The third kappa shape index (κ3) is 3.67. The first-order valence-electron chi connectivity index (χ1n) is 7.94. The summed E-state index contributed by atoms with van der Waals surface area (Å²) in [5.74, 6) is 0. The van der Waals surface area contributed by atoms with Gasteiger partial charge in [-0.1, -0.05) is 17.7 Å². The van der Waals surface area contributed by atoms with Gasteiger partial charge < -0.3 is 0 Å². The molecule has 2 aromatic rings. The van der Waals surface area contributed by atoms with E-state index in [4.69, 9.17) is 5.14 Å². The number of aromatic nitrogens is 2. The van der Waals surface area contributed by atoms with E-state index in [0.717, 1.165) is 23.4 Å². The number of H-pyrrole nitrogens is 1. The first-order valence-corrected chi connectivity index (χ1v) is 9.45. The average Bonchev–Trinajstić information content (AvgIpc) is 2.97. The highest BCUT2D eigenvalue weighted by atomic mass is 32.2. The van der Waals surface area contributed by atoms with Gasteiger partial charge in [-0.15, -0.1) is 0 Å². The molecule has 1 aromatic heterocycles. The Bertz CT molecular complexity index is 823. The summed E-state index contributed by atoms with van der Waals surface area (Å²) in [6, 6.07) is 6.37.